The van der Waals surface area contributed by atoms with E-state index < -0.39 is 0 Å². The van der Waals surface area contributed by atoms with Crippen LogP contribution in [0, 0.1) is 6.92 Å². The quantitative estimate of drug-likeness (QED) is 0.899. The van der Waals surface area contributed by atoms with Crippen molar-refractivity contribution < 1.29 is 0 Å². The van der Waals surface area contributed by atoms with Gasteiger partial charge in [0.1, 0.15) is 10.7 Å². The highest BCUT2D eigenvalue weighted by Gasteiger charge is 2.10. The predicted molar refractivity (Wildman–Crippen MR) is 71.5 cm³/mol. The topological polar surface area (TPSA) is 53.9 Å². The lowest BCUT2D eigenvalue weighted by Gasteiger charge is -2.13. The second-order valence-electron chi connectivity index (χ2n) is 3.83. The average Bonchev–Trinajstić information content (AvgIpc) is 2.87. The van der Waals surface area contributed by atoms with Crippen LogP contribution < -0.4 is 5.32 Å². The van der Waals surface area contributed by atoms with Crippen molar-refractivity contribution in [3.8, 4) is 0 Å². The number of hydrogen-bond acceptors (Lipinski definition) is 7. The molecule has 2 heterocycles. The van der Waals surface area contributed by atoms with Gasteiger partial charge in [-0.15, -0.1) is 16.4 Å². The lowest BCUT2D eigenvalue weighted by molar-refractivity contribution is 0.312. The SMILES string of the molecule is CNc1snnc1CN(C)Cc1csc(C)n1. The van der Waals surface area contributed by atoms with Crippen LogP contribution >= 0.6 is 22.9 Å². The van der Waals surface area contributed by atoms with Gasteiger partial charge >= 0.3 is 0 Å². The Morgan fingerprint density at radius 3 is 2.88 bits per heavy atom. The zero-order valence-corrected chi connectivity index (χ0v) is 11.7. The van der Waals surface area contributed by atoms with E-state index in [0.717, 1.165) is 34.5 Å². The fourth-order valence-corrected chi connectivity index (χ4v) is 2.70. The van der Waals surface area contributed by atoms with Crippen molar-refractivity contribution in [3.05, 3.63) is 21.8 Å². The summed E-state index contributed by atoms with van der Waals surface area (Å²) in [5.74, 6) is 0. The number of thiazole rings is 1. The Balaban J connectivity index is 1.95. The summed E-state index contributed by atoms with van der Waals surface area (Å²) in [5.41, 5.74) is 2.11. The number of hydrogen-bond donors (Lipinski definition) is 1. The van der Waals surface area contributed by atoms with Crippen molar-refractivity contribution in [2.24, 2.45) is 0 Å². The smallest absolute Gasteiger partial charge is 0.134 e. The molecule has 0 aliphatic carbocycles. The van der Waals surface area contributed by atoms with Gasteiger partial charge in [0, 0.05) is 37.0 Å². The summed E-state index contributed by atoms with van der Waals surface area (Å²) in [4.78, 5) is 6.64. The molecule has 0 atom stereocenters. The van der Waals surface area contributed by atoms with E-state index in [1.807, 2.05) is 14.0 Å². The number of aryl methyl sites for hydroxylation is 1. The minimum atomic E-state index is 0.781. The van der Waals surface area contributed by atoms with Crippen molar-refractivity contribution in [2.45, 2.75) is 20.0 Å². The molecule has 92 valence electrons. The number of nitrogens with zero attached hydrogens (tertiary/aromatic N) is 4. The molecule has 0 saturated heterocycles. The molecule has 2 rings (SSSR count). The molecule has 0 radical (unpaired) electrons. The second kappa shape index (κ2) is 5.52. The van der Waals surface area contributed by atoms with Gasteiger partial charge in [-0.3, -0.25) is 4.90 Å². The van der Waals surface area contributed by atoms with E-state index in [0.29, 0.717) is 0 Å². The van der Waals surface area contributed by atoms with Crippen LogP contribution in [0.15, 0.2) is 5.38 Å². The second-order valence-corrected chi connectivity index (χ2v) is 5.65. The van der Waals surface area contributed by atoms with Crippen LogP contribution in [-0.2, 0) is 13.1 Å². The van der Waals surface area contributed by atoms with Crippen LogP contribution in [0.25, 0.3) is 0 Å². The number of nitrogens with one attached hydrogen (secondary N) is 1. The number of anilines is 1. The molecule has 5 nitrogen and oxygen atoms in total. The van der Waals surface area contributed by atoms with Crippen molar-refractivity contribution >= 4 is 27.9 Å². The summed E-state index contributed by atoms with van der Waals surface area (Å²) in [7, 11) is 3.95. The maximum absolute atomic E-state index is 4.45. The molecule has 0 bridgehead atoms. The molecule has 0 spiro atoms. The molecular formula is C10H15N5S2. The Bertz CT molecular complexity index is 479. The first-order chi connectivity index (χ1) is 8.19. The van der Waals surface area contributed by atoms with Crippen LogP contribution in [0.3, 0.4) is 0 Å². The molecule has 0 amide bonds. The first-order valence-electron chi connectivity index (χ1n) is 5.27. The zero-order chi connectivity index (χ0) is 12.3. The van der Waals surface area contributed by atoms with Gasteiger partial charge in [0.15, 0.2) is 0 Å². The van der Waals surface area contributed by atoms with E-state index in [1.165, 1.54) is 11.5 Å². The molecule has 17 heavy (non-hydrogen) atoms. The molecule has 0 aliphatic rings. The minimum absolute atomic E-state index is 0.781. The van der Waals surface area contributed by atoms with Crippen LogP contribution in [0.5, 0.6) is 0 Å². The van der Waals surface area contributed by atoms with Crippen LogP contribution in [0.1, 0.15) is 16.4 Å². The highest BCUT2D eigenvalue weighted by Crippen LogP contribution is 2.19. The Hall–Kier alpha value is -1.05. The molecular weight excluding hydrogens is 254 g/mol. The third-order valence-corrected chi connectivity index (χ3v) is 3.91. The molecule has 1 N–H and O–H groups in total. The van der Waals surface area contributed by atoms with Crippen LogP contribution in [-0.4, -0.2) is 33.6 Å². The number of aromatic nitrogens is 3. The van der Waals surface area contributed by atoms with Gasteiger partial charge in [0.05, 0.1) is 10.7 Å². The lowest BCUT2D eigenvalue weighted by Crippen LogP contribution is -2.18. The Morgan fingerprint density at radius 1 is 1.41 bits per heavy atom. The van der Waals surface area contributed by atoms with Gasteiger partial charge in [0.25, 0.3) is 0 Å². The number of rotatable bonds is 5. The van der Waals surface area contributed by atoms with Gasteiger partial charge in [0.2, 0.25) is 0 Å². The molecule has 2 aromatic rings. The van der Waals surface area contributed by atoms with Crippen molar-refractivity contribution in [1.29, 1.82) is 0 Å². The molecule has 0 saturated carbocycles. The standard InChI is InChI=1S/C10H15N5S2/c1-7-12-8(6-16-7)4-15(3)5-9-10(11-2)17-14-13-9/h6,11H,4-5H2,1-3H3. The van der Waals surface area contributed by atoms with Crippen molar-refractivity contribution in [1.82, 2.24) is 19.5 Å². The van der Waals surface area contributed by atoms with Crippen LogP contribution in [0.4, 0.5) is 5.00 Å². The summed E-state index contributed by atoms with van der Waals surface area (Å²) in [5, 5.41) is 11.5. The maximum atomic E-state index is 4.45. The largest absolute Gasteiger partial charge is 0.377 e. The monoisotopic (exact) mass is 269 g/mol. The fraction of sp³-hybridized carbons (Fsp3) is 0.500. The van der Waals surface area contributed by atoms with E-state index in [2.05, 4.69) is 37.2 Å². The van der Waals surface area contributed by atoms with E-state index in [4.69, 9.17) is 0 Å². The van der Waals surface area contributed by atoms with Gasteiger partial charge < -0.3 is 5.32 Å². The van der Waals surface area contributed by atoms with E-state index in [-0.39, 0.29) is 0 Å². The van der Waals surface area contributed by atoms with Gasteiger partial charge in [-0.05, 0) is 14.0 Å². The van der Waals surface area contributed by atoms with E-state index in [1.54, 1.807) is 11.3 Å². The third kappa shape index (κ3) is 3.21. The Kier molecular flexibility index (Phi) is 4.03. The Labute approximate surface area is 109 Å². The molecule has 0 aliphatic heterocycles. The normalized spacial score (nSPS) is 11.1. The first kappa shape index (κ1) is 12.4. The highest BCUT2D eigenvalue weighted by atomic mass is 32.1. The zero-order valence-electron chi connectivity index (χ0n) is 10.1. The predicted octanol–water partition coefficient (Wildman–Crippen LogP) is 1.98. The Morgan fingerprint density at radius 2 is 2.24 bits per heavy atom. The molecule has 2 aromatic heterocycles. The fourth-order valence-electron chi connectivity index (χ4n) is 1.57. The summed E-state index contributed by atoms with van der Waals surface area (Å²) in [6.07, 6.45) is 0. The first-order valence-corrected chi connectivity index (χ1v) is 6.93. The lowest BCUT2D eigenvalue weighted by atomic mass is 10.4. The molecule has 0 fully saturated rings. The third-order valence-electron chi connectivity index (χ3n) is 2.30. The van der Waals surface area contributed by atoms with Crippen LogP contribution in [0.2, 0.25) is 0 Å². The van der Waals surface area contributed by atoms with Crippen molar-refractivity contribution in [2.75, 3.05) is 19.4 Å². The van der Waals surface area contributed by atoms with E-state index >= 15 is 0 Å². The molecule has 7 heteroatoms. The maximum Gasteiger partial charge on any atom is 0.134 e. The van der Waals surface area contributed by atoms with Gasteiger partial charge in [-0.25, -0.2) is 4.98 Å². The summed E-state index contributed by atoms with van der Waals surface area (Å²) >= 11 is 3.08. The molecule has 0 aromatic carbocycles. The van der Waals surface area contributed by atoms with Gasteiger partial charge in [-0.2, -0.15) is 0 Å². The molecule has 0 unspecified atom stereocenters. The summed E-state index contributed by atoms with van der Waals surface area (Å²) in [6, 6.07) is 0. The van der Waals surface area contributed by atoms with Gasteiger partial charge in [-0.1, -0.05) is 4.49 Å². The van der Waals surface area contributed by atoms with Crippen molar-refractivity contribution in [3.63, 3.8) is 0 Å². The van der Waals surface area contributed by atoms with E-state index in [9.17, 15) is 0 Å². The minimum Gasteiger partial charge on any atom is -0.377 e. The average molecular weight is 269 g/mol. The highest BCUT2D eigenvalue weighted by molar-refractivity contribution is 7.10. The summed E-state index contributed by atoms with van der Waals surface area (Å²) in [6.45, 7) is 3.64. The summed E-state index contributed by atoms with van der Waals surface area (Å²) < 4.78 is 3.95.